The number of rotatable bonds is 8. The van der Waals surface area contributed by atoms with Crippen LogP contribution in [0.4, 0.5) is 17.1 Å². The van der Waals surface area contributed by atoms with Crippen molar-refractivity contribution in [3.63, 3.8) is 0 Å². The molecule has 3 aromatic carbocycles. The first-order valence-electron chi connectivity index (χ1n) is 10.0. The highest BCUT2D eigenvalue weighted by Crippen LogP contribution is 2.29. The van der Waals surface area contributed by atoms with Gasteiger partial charge in [-0.1, -0.05) is 23.7 Å². The second-order valence-corrected chi connectivity index (χ2v) is 9.72. The van der Waals surface area contributed by atoms with Crippen LogP contribution < -0.4 is 14.4 Å². The third-order valence-corrected chi connectivity index (χ3v) is 7.09. The molecule has 178 valence electrons. The number of nitrogens with zero attached hydrogens (tertiary/aromatic N) is 2. The molecule has 0 fully saturated rings. The number of anilines is 2. The molecule has 34 heavy (non-hydrogen) atoms. The van der Waals surface area contributed by atoms with Gasteiger partial charge in [-0.3, -0.25) is 19.2 Å². The van der Waals surface area contributed by atoms with E-state index in [4.69, 9.17) is 16.3 Å². The van der Waals surface area contributed by atoms with Crippen molar-refractivity contribution in [1.82, 2.24) is 0 Å². The molecule has 0 atom stereocenters. The van der Waals surface area contributed by atoms with Crippen LogP contribution in [0.3, 0.4) is 0 Å². The Kier molecular flexibility index (Phi) is 7.43. The van der Waals surface area contributed by atoms with Crippen LogP contribution in [0.5, 0.6) is 5.75 Å². The van der Waals surface area contributed by atoms with Gasteiger partial charge in [0.25, 0.3) is 15.7 Å². The Labute approximate surface area is 202 Å². The molecule has 0 aliphatic heterocycles. The van der Waals surface area contributed by atoms with E-state index in [0.29, 0.717) is 22.0 Å². The lowest BCUT2D eigenvalue weighted by Gasteiger charge is -2.24. The molecule has 3 aromatic rings. The van der Waals surface area contributed by atoms with Gasteiger partial charge in [0.2, 0.25) is 5.91 Å². The van der Waals surface area contributed by atoms with Gasteiger partial charge in [-0.15, -0.1) is 0 Å². The van der Waals surface area contributed by atoms with Crippen molar-refractivity contribution in [3.8, 4) is 5.75 Å². The fourth-order valence-corrected chi connectivity index (χ4v) is 4.80. The van der Waals surface area contributed by atoms with E-state index in [1.54, 1.807) is 37.3 Å². The average molecular weight is 504 g/mol. The first kappa shape index (κ1) is 25.0. The molecule has 0 aromatic heterocycles. The summed E-state index contributed by atoms with van der Waals surface area (Å²) < 4.78 is 33.1. The molecule has 0 saturated carbocycles. The standard InChI is InChI=1S/C23H22ClN3O6S/c1-15-4-6-17(24)12-21(15)25-23(28)14-26(18-7-9-19(33-3)10-8-18)34(31,32)20-11-5-16(2)22(13-20)27(29)30/h4-13H,14H2,1-3H3,(H,25,28). The third-order valence-electron chi connectivity index (χ3n) is 5.09. The van der Waals surface area contributed by atoms with E-state index in [2.05, 4.69) is 5.32 Å². The molecule has 0 bridgehead atoms. The Morgan fingerprint density at radius 1 is 1.06 bits per heavy atom. The maximum absolute atomic E-state index is 13.6. The van der Waals surface area contributed by atoms with Gasteiger partial charge >= 0.3 is 0 Å². The van der Waals surface area contributed by atoms with Crippen LogP contribution in [0.15, 0.2) is 65.6 Å². The summed E-state index contributed by atoms with van der Waals surface area (Å²) in [6.45, 7) is 2.70. The van der Waals surface area contributed by atoms with Crippen molar-refractivity contribution in [2.45, 2.75) is 18.7 Å². The van der Waals surface area contributed by atoms with Crippen molar-refractivity contribution in [3.05, 3.63) is 86.9 Å². The smallest absolute Gasteiger partial charge is 0.273 e. The molecule has 0 spiro atoms. The van der Waals surface area contributed by atoms with Crippen molar-refractivity contribution >= 4 is 44.6 Å². The normalized spacial score (nSPS) is 11.1. The van der Waals surface area contributed by atoms with E-state index in [-0.39, 0.29) is 16.3 Å². The van der Waals surface area contributed by atoms with E-state index < -0.39 is 27.4 Å². The molecule has 1 amide bonds. The highest BCUT2D eigenvalue weighted by Gasteiger charge is 2.29. The molecular weight excluding hydrogens is 482 g/mol. The topological polar surface area (TPSA) is 119 Å². The maximum Gasteiger partial charge on any atom is 0.273 e. The summed E-state index contributed by atoms with van der Waals surface area (Å²) in [5.74, 6) is -0.127. The second-order valence-electron chi connectivity index (χ2n) is 7.42. The Balaban J connectivity index is 2.03. The minimum Gasteiger partial charge on any atom is -0.497 e. The lowest BCUT2D eigenvalue weighted by Crippen LogP contribution is -2.38. The van der Waals surface area contributed by atoms with Crippen LogP contribution in [-0.4, -0.2) is 32.9 Å². The fourth-order valence-electron chi connectivity index (χ4n) is 3.19. The molecule has 0 radical (unpaired) electrons. The van der Waals surface area contributed by atoms with E-state index in [9.17, 15) is 23.3 Å². The molecule has 11 heteroatoms. The monoisotopic (exact) mass is 503 g/mol. The highest BCUT2D eigenvalue weighted by molar-refractivity contribution is 7.92. The number of nitro benzene ring substituents is 1. The van der Waals surface area contributed by atoms with Gasteiger partial charge in [0, 0.05) is 22.3 Å². The zero-order chi connectivity index (χ0) is 25.0. The highest BCUT2D eigenvalue weighted by atomic mass is 35.5. The van der Waals surface area contributed by atoms with Crippen molar-refractivity contribution in [2.24, 2.45) is 0 Å². The van der Waals surface area contributed by atoms with Gasteiger partial charge < -0.3 is 10.1 Å². The Bertz CT molecular complexity index is 1340. The number of halogens is 1. The van der Waals surface area contributed by atoms with E-state index in [0.717, 1.165) is 15.9 Å². The van der Waals surface area contributed by atoms with E-state index in [1.165, 1.54) is 38.3 Å². The summed E-state index contributed by atoms with van der Waals surface area (Å²) >= 11 is 6.01. The van der Waals surface area contributed by atoms with Crippen LogP contribution in [0, 0.1) is 24.0 Å². The molecule has 0 unspecified atom stereocenters. The van der Waals surface area contributed by atoms with Crippen LogP contribution in [0.1, 0.15) is 11.1 Å². The number of hydrogen-bond acceptors (Lipinski definition) is 6. The van der Waals surface area contributed by atoms with Gasteiger partial charge in [0.1, 0.15) is 12.3 Å². The van der Waals surface area contributed by atoms with Crippen LogP contribution in [-0.2, 0) is 14.8 Å². The van der Waals surface area contributed by atoms with E-state index in [1.807, 2.05) is 0 Å². The number of nitro groups is 1. The van der Waals surface area contributed by atoms with Gasteiger partial charge in [-0.25, -0.2) is 8.42 Å². The zero-order valence-electron chi connectivity index (χ0n) is 18.6. The number of ether oxygens (including phenoxy) is 1. The van der Waals surface area contributed by atoms with Crippen molar-refractivity contribution in [2.75, 3.05) is 23.3 Å². The molecule has 3 rings (SSSR count). The number of sulfonamides is 1. The SMILES string of the molecule is COc1ccc(N(CC(=O)Nc2cc(Cl)ccc2C)S(=O)(=O)c2ccc(C)c([N+](=O)[O-])c2)cc1. The molecule has 0 heterocycles. The number of aryl methyl sites for hydroxylation is 2. The third kappa shape index (κ3) is 5.46. The molecule has 0 aliphatic rings. The first-order chi connectivity index (χ1) is 16.0. The lowest BCUT2D eigenvalue weighted by atomic mass is 10.2. The zero-order valence-corrected chi connectivity index (χ0v) is 20.2. The van der Waals surface area contributed by atoms with Crippen LogP contribution >= 0.6 is 11.6 Å². The summed E-state index contributed by atoms with van der Waals surface area (Å²) in [5, 5.41) is 14.4. The van der Waals surface area contributed by atoms with Crippen molar-refractivity contribution < 1.29 is 22.9 Å². The Morgan fingerprint density at radius 3 is 2.32 bits per heavy atom. The predicted molar refractivity (Wildman–Crippen MR) is 130 cm³/mol. The molecule has 1 N–H and O–H groups in total. The van der Waals surface area contributed by atoms with Crippen LogP contribution in [0.25, 0.3) is 0 Å². The Morgan fingerprint density at radius 2 is 1.71 bits per heavy atom. The van der Waals surface area contributed by atoms with Crippen LogP contribution in [0.2, 0.25) is 5.02 Å². The number of carbonyl (C=O) groups is 1. The number of carbonyl (C=O) groups excluding carboxylic acids is 1. The summed E-state index contributed by atoms with van der Waals surface area (Å²) in [7, 11) is -2.88. The number of nitrogens with one attached hydrogen (secondary N) is 1. The summed E-state index contributed by atoms with van der Waals surface area (Å²) in [5.41, 5.74) is 1.34. The minimum absolute atomic E-state index is 0.182. The van der Waals surface area contributed by atoms with Gasteiger partial charge in [0.05, 0.1) is 22.6 Å². The number of methoxy groups -OCH3 is 1. The van der Waals surface area contributed by atoms with Crippen molar-refractivity contribution in [1.29, 1.82) is 0 Å². The van der Waals surface area contributed by atoms with Gasteiger partial charge in [-0.2, -0.15) is 0 Å². The summed E-state index contributed by atoms with van der Waals surface area (Å²) in [6.07, 6.45) is 0. The van der Waals surface area contributed by atoms with Gasteiger partial charge in [-0.05, 0) is 61.9 Å². The number of benzene rings is 3. The maximum atomic E-state index is 13.6. The summed E-state index contributed by atoms with van der Waals surface area (Å²) in [4.78, 5) is 23.3. The average Bonchev–Trinajstić information content (AvgIpc) is 2.80. The lowest BCUT2D eigenvalue weighted by molar-refractivity contribution is -0.385. The minimum atomic E-state index is -4.35. The predicted octanol–water partition coefficient (Wildman–Crippen LogP) is 4.71. The fraction of sp³-hybridized carbons (Fsp3) is 0.174. The summed E-state index contributed by atoms with van der Waals surface area (Å²) in [6, 6.07) is 14.6. The second kappa shape index (κ2) is 10.1. The Hall–Kier alpha value is -3.63. The number of hydrogen-bond donors (Lipinski definition) is 1. The quantitative estimate of drug-likeness (QED) is 0.351. The number of amides is 1. The largest absolute Gasteiger partial charge is 0.497 e. The molecule has 9 nitrogen and oxygen atoms in total. The molecular formula is C23H22ClN3O6S. The molecule has 0 saturated heterocycles. The first-order valence-corrected chi connectivity index (χ1v) is 11.8. The molecule has 0 aliphatic carbocycles. The van der Waals surface area contributed by atoms with Gasteiger partial charge in [0.15, 0.2) is 0 Å². The van der Waals surface area contributed by atoms with E-state index >= 15 is 0 Å².